The van der Waals surface area contributed by atoms with Crippen molar-refractivity contribution in [1.82, 2.24) is 9.97 Å². The Balaban J connectivity index is 2.51. The standard InChI is InChI=1S/C13H10BrN3O2/c14-9-5-3-8(4-6-9)11-12(13(18)19)17-10(16-11)2-1-7-15/h1-7,15H,(H,16,17)(H,18,19). The van der Waals surface area contributed by atoms with Crippen molar-refractivity contribution in [3.8, 4) is 11.3 Å². The number of carbonyl (C=O) groups is 1. The molecule has 0 unspecified atom stereocenters. The van der Waals surface area contributed by atoms with E-state index < -0.39 is 5.97 Å². The van der Waals surface area contributed by atoms with E-state index in [0.717, 1.165) is 10.7 Å². The number of hydrogen-bond donors (Lipinski definition) is 3. The number of aromatic carboxylic acids is 1. The van der Waals surface area contributed by atoms with Gasteiger partial charge in [-0.05, 0) is 24.3 Å². The lowest BCUT2D eigenvalue weighted by molar-refractivity contribution is 0.0692. The van der Waals surface area contributed by atoms with E-state index in [4.69, 9.17) is 5.41 Å². The molecule has 1 heterocycles. The Morgan fingerprint density at radius 3 is 2.63 bits per heavy atom. The summed E-state index contributed by atoms with van der Waals surface area (Å²) in [5.74, 6) is -0.668. The van der Waals surface area contributed by atoms with Gasteiger partial charge in [-0.1, -0.05) is 28.1 Å². The smallest absolute Gasteiger partial charge is 0.354 e. The van der Waals surface area contributed by atoms with Gasteiger partial charge in [0.1, 0.15) is 11.5 Å². The SMILES string of the molecule is N=CC=Cc1nc(-c2ccc(Br)cc2)c(C(=O)O)[nH]1. The lowest BCUT2D eigenvalue weighted by Gasteiger charge is -1.98. The number of carboxylic acids is 1. The van der Waals surface area contributed by atoms with Gasteiger partial charge in [0.2, 0.25) is 0 Å². The molecule has 0 aliphatic heterocycles. The Kier molecular flexibility index (Phi) is 3.91. The molecule has 96 valence electrons. The summed E-state index contributed by atoms with van der Waals surface area (Å²) in [4.78, 5) is 18.1. The summed E-state index contributed by atoms with van der Waals surface area (Å²) in [6, 6.07) is 7.22. The van der Waals surface area contributed by atoms with Gasteiger partial charge < -0.3 is 15.5 Å². The fourth-order valence-electron chi connectivity index (χ4n) is 1.58. The Morgan fingerprint density at radius 1 is 1.37 bits per heavy atom. The quantitative estimate of drug-likeness (QED) is 0.756. The van der Waals surface area contributed by atoms with Crippen LogP contribution in [0.4, 0.5) is 0 Å². The molecule has 0 fully saturated rings. The molecule has 0 radical (unpaired) electrons. The molecular formula is C13H10BrN3O2. The molecule has 0 spiro atoms. The number of allylic oxidation sites excluding steroid dienone is 1. The van der Waals surface area contributed by atoms with Gasteiger partial charge in [0.05, 0.1) is 0 Å². The Hall–Kier alpha value is -2.21. The van der Waals surface area contributed by atoms with E-state index in [-0.39, 0.29) is 5.69 Å². The monoisotopic (exact) mass is 319 g/mol. The molecule has 0 aliphatic rings. The van der Waals surface area contributed by atoms with Gasteiger partial charge in [-0.3, -0.25) is 0 Å². The summed E-state index contributed by atoms with van der Waals surface area (Å²) in [6.45, 7) is 0. The zero-order valence-electron chi connectivity index (χ0n) is 9.72. The molecule has 0 atom stereocenters. The molecular weight excluding hydrogens is 310 g/mol. The molecule has 2 rings (SSSR count). The minimum atomic E-state index is -1.07. The molecule has 1 aromatic heterocycles. The zero-order chi connectivity index (χ0) is 13.8. The lowest BCUT2D eigenvalue weighted by atomic mass is 10.1. The number of H-pyrrole nitrogens is 1. The highest BCUT2D eigenvalue weighted by Gasteiger charge is 2.16. The van der Waals surface area contributed by atoms with Crippen LogP contribution < -0.4 is 0 Å². The number of carboxylic acid groups (broad SMARTS) is 1. The van der Waals surface area contributed by atoms with Crippen LogP contribution in [-0.2, 0) is 0 Å². The van der Waals surface area contributed by atoms with E-state index in [0.29, 0.717) is 17.1 Å². The van der Waals surface area contributed by atoms with Gasteiger partial charge in [-0.2, -0.15) is 0 Å². The van der Waals surface area contributed by atoms with Crippen molar-refractivity contribution in [2.24, 2.45) is 0 Å². The second-order valence-electron chi connectivity index (χ2n) is 3.68. The van der Waals surface area contributed by atoms with E-state index in [9.17, 15) is 9.90 Å². The molecule has 0 amide bonds. The third-order valence-electron chi connectivity index (χ3n) is 2.40. The van der Waals surface area contributed by atoms with Gasteiger partial charge in [0.25, 0.3) is 0 Å². The van der Waals surface area contributed by atoms with Crippen LogP contribution in [0.15, 0.2) is 34.8 Å². The van der Waals surface area contributed by atoms with E-state index in [1.165, 1.54) is 6.08 Å². The van der Waals surface area contributed by atoms with E-state index in [1.807, 2.05) is 12.1 Å². The van der Waals surface area contributed by atoms with Crippen LogP contribution in [0.1, 0.15) is 16.3 Å². The fourth-order valence-corrected chi connectivity index (χ4v) is 1.85. The number of rotatable bonds is 4. The summed E-state index contributed by atoms with van der Waals surface area (Å²) in [5, 5.41) is 16.1. The van der Waals surface area contributed by atoms with Crippen molar-refractivity contribution in [2.75, 3.05) is 0 Å². The lowest BCUT2D eigenvalue weighted by Crippen LogP contribution is -1.99. The molecule has 1 aromatic carbocycles. The Bertz CT molecular complexity index is 644. The van der Waals surface area contributed by atoms with Gasteiger partial charge in [0, 0.05) is 16.3 Å². The van der Waals surface area contributed by atoms with Crippen molar-refractivity contribution in [3.63, 3.8) is 0 Å². The summed E-state index contributed by atoms with van der Waals surface area (Å²) in [5.41, 5.74) is 1.13. The molecule has 0 saturated carbocycles. The summed E-state index contributed by atoms with van der Waals surface area (Å²) >= 11 is 3.32. The molecule has 0 bridgehead atoms. The van der Waals surface area contributed by atoms with Crippen LogP contribution in [0, 0.1) is 5.41 Å². The first-order chi connectivity index (χ1) is 9.11. The first-order valence-corrected chi connectivity index (χ1v) is 6.17. The number of hydrogen-bond acceptors (Lipinski definition) is 3. The molecule has 5 nitrogen and oxygen atoms in total. The average molecular weight is 320 g/mol. The summed E-state index contributed by atoms with van der Waals surface area (Å²) in [7, 11) is 0. The Labute approximate surface area is 117 Å². The molecule has 0 saturated heterocycles. The second kappa shape index (κ2) is 5.62. The molecule has 0 aliphatic carbocycles. The van der Waals surface area contributed by atoms with Crippen molar-refractivity contribution in [2.45, 2.75) is 0 Å². The van der Waals surface area contributed by atoms with E-state index in [1.54, 1.807) is 18.2 Å². The van der Waals surface area contributed by atoms with Crippen LogP contribution in [0.25, 0.3) is 17.3 Å². The number of nitrogens with one attached hydrogen (secondary N) is 2. The summed E-state index contributed by atoms with van der Waals surface area (Å²) in [6.07, 6.45) is 4.11. The first-order valence-electron chi connectivity index (χ1n) is 5.38. The maximum absolute atomic E-state index is 11.2. The number of imidazole rings is 1. The zero-order valence-corrected chi connectivity index (χ0v) is 11.3. The normalized spacial score (nSPS) is 10.8. The molecule has 6 heteroatoms. The van der Waals surface area contributed by atoms with Gasteiger partial charge in [-0.25, -0.2) is 9.78 Å². The highest BCUT2D eigenvalue weighted by molar-refractivity contribution is 9.10. The molecule has 3 N–H and O–H groups in total. The van der Waals surface area contributed by atoms with Crippen LogP contribution >= 0.6 is 15.9 Å². The number of nitrogens with zero attached hydrogens (tertiary/aromatic N) is 1. The Morgan fingerprint density at radius 2 is 2.05 bits per heavy atom. The van der Waals surface area contributed by atoms with Crippen LogP contribution in [0.2, 0.25) is 0 Å². The molecule has 2 aromatic rings. The highest BCUT2D eigenvalue weighted by Crippen LogP contribution is 2.24. The van der Waals surface area contributed by atoms with Crippen LogP contribution in [0.5, 0.6) is 0 Å². The maximum Gasteiger partial charge on any atom is 0.354 e. The van der Waals surface area contributed by atoms with Gasteiger partial charge in [0.15, 0.2) is 5.69 Å². The van der Waals surface area contributed by atoms with Crippen molar-refractivity contribution in [1.29, 1.82) is 5.41 Å². The highest BCUT2D eigenvalue weighted by atomic mass is 79.9. The van der Waals surface area contributed by atoms with Crippen molar-refractivity contribution < 1.29 is 9.90 Å². The number of halogens is 1. The second-order valence-corrected chi connectivity index (χ2v) is 4.60. The average Bonchev–Trinajstić information content (AvgIpc) is 2.81. The summed E-state index contributed by atoms with van der Waals surface area (Å²) < 4.78 is 0.910. The third-order valence-corrected chi connectivity index (χ3v) is 2.93. The van der Waals surface area contributed by atoms with Crippen molar-refractivity contribution in [3.05, 3.63) is 46.3 Å². The van der Waals surface area contributed by atoms with Crippen LogP contribution in [-0.4, -0.2) is 27.3 Å². The molecule has 19 heavy (non-hydrogen) atoms. The van der Waals surface area contributed by atoms with Crippen molar-refractivity contribution >= 4 is 34.2 Å². The predicted octanol–water partition coefficient (Wildman–Crippen LogP) is 3.20. The minimum absolute atomic E-state index is 0.0342. The van der Waals surface area contributed by atoms with E-state index >= 15 is 0 Å². The maximum atomic E-state index is 11.2. The third kappa shape index (κ3) is 2.97. The first kappa shape index (κ1) is 13.2. The van der Waals surface area contributed by atoms with Gasteiger partial charge in [-0.15, -0.1) is 0 Å². The van der Waals surface area contributed by atoms with E-state index in [2.05, 4.69) is 25.9 Å². The topological polar surface area (TPSA) is 89.8 Å². The largest absolute Gasteiger partial charge is 0.477 e. The number of benzene rings is 1. The number of aromatic amines is 1. The van der Waals surface area contributed by atoms with Crippen LogP contribution in [0.3, 0.4) is 0 Å². The number of aromatic nitrogens is 2. The predicted molar refractivity (Wildman–Crippen MR) is 76.5 cm³/mol. The fraction of sp³-hybridized carbons (Fsp3) is 0. The minimum Gasteiger partial charge on any atom is -0.477 e. The van der Waals surface area contributed by atoms with Gasteiger partial charge >= 0.3 is 5.97 Å².